The topological polar surface area (TPSA) is 58.9 Å². The molecule has 21 heavy (non-hydrogen) atoms. The molecule has 0 saturated carbocycles. The standard InChI is InChI=1S/C14H13BF2O4/c1-20-11-4-2-9(13(17)7-11)8-21-14-6-10(15(18)19)3-5-12(14)16/h2-7,18-19H,8H2,1H3. The molecule has 0 unspecified atom stereocenters. The van der Waals surface area contributed by atoms with Crippen LogP contribution in [0.15, 0.2) is 36.4 Å². The number of methoxy groups -OCH3 is 1. The van der Waals surface area contributed by atoms with Gasteiger partial charge in [-0.2, -0.15) is 0 Å². The third-order valence-electron chi connectivity index (χ3n) is 2.90. The van der Waals surface area contributed by atoms with Gasteiger partial charge in [0.2, 0.25) is 0 Å². The van der Waals surface area contributed by atoms with Crippen LogP contribution in [0.4, 0.5) is 8.78 Å². The Kier molecular flexibility index (Phi) is 4.77. The minimum absolute atomic E-state index is 0.0848. The summed E-state index contributed by atoms with van der Waals surface area (Å²) in [6.45, 7) is -0.197. The molecule has 0 amide bonds. The van der Waals surface area contributed by atoms with E-state index in [9.17, 15) is 8.78 Å². The predicted molar refractivity (Wildman–Crippen MR) is 73.5 cm³/mol. The molecule has 0 fully saturated rings. The van der Waals surface area contributed by atoms with Gasteiger partial charge in [0, 0.05) is 11.6 Å². The van der Waals surface area contributed by atoms with E-state index >= 15 is 0 Å². The molecule has 0 aromatic heterocycles. The number of ether oxygens (including phenoxy) is 2. The van der Waals surface area contributed by atoms with Gasteiger partial charge in [0.15, 0.2) is 11.6 Å². The Balaban J connectivity index is 2.14. The molecule has 0 radical (unpaired) electrons. The molecule has 2 N–H and O–H groups in total. The van der Waals surface area contributed by atoms with Crippen molar-refractivity contribution in [3.63, 3.8) is 0 Å². The van der Waals surface area contributed by atoms with Crippen molar-refractivity contribution >= 4 is 12.6 Å². The van der Waals surface area contributed by atoms with Gasteiger partial charge in [-0.15, -0.1) is 0 Å². The monoisotopic (exact) mass is 294 g/mol. The Bertz CT molecular complexity index is 634. The predicted octanol–water partition coefficient (Wildman–Crippen LogP) is 1.23. The molecule has 2 aromatic rings. The lowest BCUT2D eigenvalue weighted by Gasteiger charge is -2.10. The van der Waals surface area contributed by atoms with Gasteiger partial charge in [0.25, 0.3) is 0 Å². The first-order chi connectivity index (χ1) is 10.0. The molecule has 0 spiro atoms. The van der Waals surface area contributed by atoms with Gasteiger partial charge in [-0.3, -0.25) is 0 Å². The van der Waals surface area contributed by atoms with Crippen molar-refractivity contribution in [1.29, 1.82) is 0 Å². The Morgan fingerprint density at radius 1 is 1.05 bits per heavy atom. The van der Waals surface area contributed by atoms with Crippen molar-refractivity contribution in [1.82, 2.24) is 0 Å². The molecular formula is C14H13BF2O4. The molecule has 0 atom stereocenters. The second-order valence-corrected chi connectivity index (χ2v) is 4.31. The lowest BCUT2D eigenvalue weighted by molar-refractivity contribution is 0.284. The lowest BCUT2D eigenvalue weighted by Crippen LogP contribution is -2.29. The fourth-order valence-electron chi connectivity index (χ4n) is 1.72. The molecule has 0 aliphatic carbocycles. The van der Waals surface area contributed by atoms with Crippen LogP contribution in [0.3, 0.4) is 0 Å². The molecule has 0 aliphatic heterocycles. The SMILES string of the molecule is COc1ccc(COc2cc(B(O)O)ccc2F)c(F)c1. The highest BCUT2D eigenvalue weighted by molar-refractivity contribution is 6.58. The third-order valence-corrected chi connectivity index (χ3v) is 2.90. The number of rotatable bonds is 5. The second kappa shape index (κ2) is 6.56. The van der Waals surface area contributed by atoms with Gasteiger partial charge < -0.3 is 19.5 Å². The first-order valence-corrected chi connectivity index (χ1v) is 6.12. The Morgan fingerprint density at radius 3 is 2.43 bits per heavy atom. The Labute approximate surface area is 120 Å². The van der Waals surface area contributed by atoms with Crippen molar-refractivity contribution in [3.05, 3.63) is 53.6 Å². The summed E-state index contributed by atoms with van der Waals surface area (Å²) in [4.78, 5) is 0. The average molecular weight is 294 g/mol. The summed E-state index contributed by atoms with van der Waals surface area (Å²) in [5.74, 6) is -1.02. The van der Waals surface area contributed by atoms with Crippen molar-refractivity contribution < 1.29 is 28.3 Å². The van der Waals surface area contributed by atoms with Gasteiger partial charge in [0.05, 0.1) is 7.11 Å². The first-order valence-electron chi connectivity index (χ1n) is 6.12. The van der Waals surface area contributed by atoms with E-state index in [2.05, 4.69) is 0 Å². The van der Waals surface area contributed by atoms with E-state index in [4.69, 9.17) is 19.5 Å². The minimum atomic E-state index is -1.73. The van der Waals surface area contributed by atoms with Crippen molar-refractivity contribution in [2.45, 2.75) is 6.61 Å². The van der Waals surface area contributed by atoms with Crippen LogP contribution in [0.1, 0.15) is 5.56 Å². The summed E-state index contributed by atoms with van der Waals surface area (Å²) < 4.78 is 37.3. The molecule has 0 aliphatic rings. The van der Waals surface area contributed by atoms with Gasteiger partial charge in [-0.05, 0) is 29.7 Å². The summed E-state index contributed by atoms with van der Waals surface area (Å²) in [6, 6.07) is 7.66. The zero-order valence-corrected chi connectivity index (χ0v) is 11.2. The van der Waals surface area contributed by atoms with Gasteiger partial charge in [-0.25, -0.2) is 8.78 Å². The summed E-state index contributed by atoms with van der Waals surface area (Å²) in [6.07, 6.45) is 0. The van der Waals surface area contributed by atoms with Crippen molar-refractivity contribution in [2.75, 3.05) is 7.11 Å². The zero-order chi connectivity index (χ0) is 15.4. The quantitative estimate of drug-likeness (QED) is 0.814. The van der Waals surface area contributed by atoms with Crippen LogP contribution < -0.4 is 14.9 Å². The average Bonchev–Trinajstić information content (AvgIpc) is 2.47. The van der Waals surface area contributed by atoms with E-state index in [-0.39, 0.29) is 23.4 Å². The molecular weight excluding hydrogens is 281 g/mol. The third kappa shape index (κ3) is 3.71. The fourth-order valence-corrected chi connectivity index (χ4v) is 1.72. The summed E-state index contributed by atoms with van der Waals surface area (Å²) >= 11 is 0. The van der Waals surface area contributed by atoms with Gasteiger partial charge in [-0.1, -0.05) is 6.07 Å². The summed E-state index contributed by atoms with van der Waals surface area (Å²) in [5, 5.41) is 18.1. The summed E-state index contributed by atoms with van der Waals surface area (Å²) in [5.41, 5.74) is 0.312. The van der Waals surface area contributed by atoms with Crippen LogP contribution in [0, 0.1) is 11.6 Å². The van der Waals surface area contributed by atoms with E-state index in [0.29, 0.717) is 5.75 Å². The largest absolute Gasteiger partial charge is 0.497 e. The molecule has 110 valence electrons. The highest BCUT2D eigenvalue weighted by atomic mass is 19.1. The van der Waals surface area contributed by atoms with E-state index in [1.807, 2.05) is 0 Å². The van der Waals surface area contributed by atoms with Crippen LogP contribution in [-0.2, 0) is 6.61 Å². The van der Waals surface area contributed by atoms with Crippen molar-refractivity contribution in [2.24, 2.45) is 0 Å². The highest BCUT2D eigenvalue weighted by Gasteiger charge is 2.15. The second-order valence-electron chi connectivity index (χ2n) is 4.31. The number of benzene rings is 2. The van der Waals surface area contributed by atoms with E-state index in [0.717, 1.165) is 12.1 Å². The van der Waals surface area contributed by atoms with Crippen molar-refractivity contribution in [3.8, 4) is 11.5 Å². The van der Waals surface area contributed by atoms with E-state index < -0.39 is 18.8 Å². The molecule has 0 bridgehead atoms. The number of hydrogen-bond donors (Lipinski definition) is 2. The highest BCUT2D eigenvalue weighted by Crippen LogP contribution is 2.20. The summed E-state index contributed by atoms with van der Waals surface area (Å²) in [7, 11) is -0.308. The Hall–Kier alpha value is -2.12. The normalized spacial score (nSPS) is 10.3. The van der Waals surface area contributed by atoms with Gasteiger partial charge in [0.1, 0.15) is 18.2 Å². The first kappa shape index (κ1) is 15.3. The molecule has 0 saturated heterocycles. The van der Waals surface area contributed by atoms with Crippen LogP contribution >= 0.6 is 0 Å². The fraction of sp³-hybridized carbons (Fsp3) is 0.143. The lowest BCUT2D eigenvalue weighted by atomic mass is 9.80. The van der Waals surface area contributed by atoms with Gasteiger partial charge >= 0.3 is 7.12 Å². The smallest absolute Gasteiger partial charge is 0.488 e. The maximum atomic E-state index is 13.7. The van der Waals surface area contributed by atoms with Crippen LogP contribution in [-0.4, -0.2) is 24.3 Å². The number of halogens is 2. The minimum Gasteiger partial charge on any atom is -0.497 e. The maximum Gasteiger partial charge on any atom is 0.488 e. The maximum absolute atomic E-state index is 13.7. The Morgan fingerprint density at radius 2 is 1.81 bits per heavy atom. The molecule has 2 aromatic carbocycles. The zero-order valence-electron chi connectivity index (χ0n) is 11.2. The molecule has 7 heteroatoms. The molecule has 4 nitrogen and oxygen atoms in total. The molecule has 2 rings (SSSR count). The van der Waals surface area contributed by atoms with Crippen LogP contribution in [0.2, 0.25) is 0 Å². The van der Waals surface area contributed by atoms with E-state index in [1.165, 1.54) is 25.3 Å². The van der Waals surface area contributed by atoms with E-state index in [1.54, 1.807) is 6.07 Å². The van der Waals surface area contributed by atoms with Crippen LogP contribution in [0.25, 0.3) is 0 Å². The van der Waals surface area contributed by atoms with Crippen LogP contribution in [0.5, 0.6) is 11.5 Å². The molecule has 0 heterocycles. The number of hydrogen-bond acceptors (Lipinski definition) is 4.